The van der Waals surface area contributed by atoms with Gasteiger partial charge in [0, 0.05) is 14.7 Å². The van der Waals surface area contributed by atoms with Crippen LogP contribution in [0.25, 0.3) is 0 Å². The van der Waals surface area contributed by atoms with Crippen molar-refractivity contribution >= 4 is 35.8 Å². The van der Waals surface area contributed by atoms with E-state index in [2.05, 4.69) is 39.0 Å². The number of thiazole rings is 1. The molecule has 1 saturated heterocycles. The van der Waals surface area contributed by atoms with Crippen LogP contribution in [0.3, 0.4) is 0 Å². The van der Waals surface area contributed by atoms with Crippen LogP contribution < -0.4 is 29.6 Å². The number of nitrogens with zero attached hydrogens (tertiary/aromatic N) is 6. The van der Waals surface area contributed by atoms with E-state index in [1.54, 1.807) is 5.51 Å². The first-order valence-electron chi connectivity index (χ1n) is 9.19. The molecule has 2 atom stereocenters. The van der Waals surface area contributed by atoms with Crippen molar-refractivity contribution < 1.29 is 56.3 Å². The van der Waals surface area contributed by atoms with Gasteiger partial charge in [0.2, 0.25) is 10.4 Å². The molecule has 4 rings (SSSR count). The van der Waals surface area contributed by atoms with Crippen molar-refractivity contribution in [3.05, 3.63) is 28.2 Å². The van der Waals surface area contributed by atoms with Crippen LogP contribution in [0.1, 0.15) is 28.5 Å². The average molecular weight is 497 g/mol. The Bertz CT molecular complexity index is 1060. The first kappa shape index (κ1) is 24.7. The number of rotatable bonds is 8. The maximum absolute atomic E-state index is 12.7. The predicted octanol–water partition coefficient (Wildman–Crippen LogP) is -1.68. The van der Waals surface area contributed by atoms with Gasteiger partial charge in [-0.05, 0) is 6.04 Å². The molecule has 2 bridgehead atoms. The number of carbonyl (C=O) groups excluding carboxylic acids is 1. The largest absolute Gasteiger partial charge is 1.00 e. The van der Waals surface area contributed by atoms with Gasteiger partial charge in [-0.1, -0.05) is 19.6 Å². The van der Waals surface area contributed by atoms with Crippen molar-refractivity contribution in [2.75, 3.05) is 13.2 Å². The summed E-state index contributed by atoms with van der Waals surface area (Å²) in [6.45, 7) is 7.80. The summed E-state index contributed by atoms with van der Waals surface area (Å²) in [5.41, 5.74) is 2.13. The Morgan fingerprint density at radius 1 is 1.32 bits per heavy atom. The molecular formula is C15H21N6NaO6S2Si. The molecule has 0 aliphatic carbocycles. The van der Waals surface area contributed by atoms with E-state index in [9.17, 15) is 17.8 Å². The van der Waals surface area contributed by atoms with Gasteiger partial charge < -0.3 is 14.2 Å². The molecule has 12 nitrogen and oxygen atoms in total. The van der Waals surface area contributed by atoms with E-state index in [-0.39, 0.29) is 42.8 Å². The van der Waals surface area contributed by atoms with Crippen molar-refractivity contribution in [3.8, 4) is 0 Å². The van der Waals surface area contributed by atoms with Crippen LogP contribution in [0.4, 0.5) is 4.79 Å². The maximum Gasteiger partial charge on any atom is 1.00 e. The number of urea groups is 1. The fraction of sp³-hybridized carbons (Fsp3) is 0.600. The Kier molecular flexibility index (Phi) is 7.29. The van der Waals surface area contributed by atoms with E-state index in [1.807, 2.05) is 0 Å². The Hall–Kier alpha value is -0.913. The molecule has 1 fully saturated rings. The topological polar surface area (TPSA) is 143 Å². The summed E-state index contributed by atoms with van der Waals surface area (Å²) in [4.78, 5) is 23.4. The number of hydroxylamine groups is 2. The van der Waals surface area contributed by atoms with E-state index in [4.69, 9.17) is 4.74 Å². The fourth-order valence-corrected chi connectivity index (χ4v) is 5.36. The van der Waals surface area contributed by atoms with Crippen molar-refractivity contribution in [2.24, 2.45) is 0 Å². The third-order valence-corrected chi connectivity index (χ3v) is 7.77. The number of hydrogen-bond acceptors (Lipinski definition) is 10. The summed E-state index contributed by atoms with van der Waals surface area (Å²) >= 11 is 1.25. The van der Waals surface area contributed by atoms with Gasteiger partial charge in [0.15, 0.2) is 5.82 Å². The van der Waals surface area contributed by atoms with Gasteiger partial charge in [0.1, 0.15) is 25.1 Å². The van der Waals surface area contributed by atoms with Crippen LogP contribution in [0.2, 0.25) is 25.7 Å². The van der Waals surface area contributed by atoms with Crippen LogP contribution >= 0.6 is 11.3 Å². The van der Waals surface area contributed by atoms with E-state index in [1.165, 1.54) is 27.2 Å². The molecule has 2 aromatic rings. The van der Waals surface area contributed by atoms with E-state index < -0.39 is 36.6 Å². The van der Waals surface area contributed by atoms with E-state index in [0.29, 0.717) is 28.1 Å². The summed E-state index contributed by atoms with van der Waals surface area (Å²) in [6.07, 6.45) is 1.51. The second kappa shape index (κ2) is 9.15. The van der Waals surface area contributed by atoms with Crippen molar-refractivity contribution in [3.63, 3.8) is 0 Å². The van der Waals surface area contributed by atoms with E-state index >= 15 is 0 Å². The number of aromatic nitrogens is 4. The maximum atomic E-state index is 12.7. The minimum absolute atomic E-state index is 0. The number of carbonyl (C=O) groups is 1. The Morgan fingerprint density at radius 2 is 2.06 bits per heavy atom. The second-order valence-corrected chi connectivity index (χ2v) is 15.7. The van der Waals surface area contributed by atoms with Crippen molar-refractivity contribution in [1.29, 1.82) is 0 Å². The minimum Gasteiger partial charge on any atom is -0.724 e. The summed E-state index contributed by atoms with van der Waals surface area (Å²) in [7, 11) is -6.30. The summed E-state index contributed by atoms with van der Waals surface area (Å²) in [5.74, 6) is 0.328. The molecule has 164 valence electrons. The van der Waals surface area contributed by atoms with E-state index in [0.717, 1.165) is 6.04 Å². The molecule has 0 saturated carbocycles. The Balaban J connectivity index is 0.00000272. The quantitative estimate of drug-likeness (QED) is 0.181. The summed E-state index contributed by atoms with van der Waals surface area (Å²) < 4.78 is 44.8. The van der Waals surface area contributed by atoms with Crippen LogP contribution in [0, 0.1) is 0 Å². The molecule has 0 N–H and O–H groups in total. The predicted molar refractivity (Wildman–Crippen MR) is 106 cm³/mol. The Labute approximate surface area is 206 Å². The van der Waals surface area contributed by atoms with Gasteiger partial charge >= 0.3 is 35.6 Å². The van der Waals surface area contributed by atoms with Gasteiger partial charge in [0.05, 0.1) is 22.6 Å². The molecule has 4 heterocycles. The first-order valence-corrected chi connectivity index (χ1v) is 15.1. The third-order valence-electron chi connectivity index (χ3n) is 4.77. The zero-order valence-corrected chi connectivity index (χ0v) is 22.2. The molecule has 2 amide bonds. The molecular weight excluding hydrogens is 475 g/mol. The standard InChI is InChI=1S/C15H22N6O6S2Si.Na/c1-30(2,3)5-4-26-9-19-7-16-14(18-19)12-11-13(28-8-17-11)10-6-20(12)15(22)21(10)27-29(23,24)25;/h7-8,10,12H,4-6,9H2,1-3H3,(H,23,24,25);/q;+1/p-1/t10-,12+;/m1./s1. The number of hydrogen-bond donors (Lipinski definition) is 0. The Morgan fingerprint density at radius 3 is 2.74 bits per heavy atom. The van der Waals surface area contributed by atoms with Gasteiger partial charge in [-0.25, -0.2) is 27.9 Å². The molecule has 0 aromatic carbocycles. The normalized spacial score (nSPS) is 20.7. The summed E-state index contributed by atoms with van der Waals surface area (Å²) in [6, 6.07) is -1.16. The fourth-order valence-electron chi connectivity index (χ4n) is 3.35. The monoisotopic (exact) mass is 496 g/mol. The number of fused-ring (bicyclic) bond motifs is 4. The van der Waals surface area contributed by atoms with Crippen LogP contribution in [-0.4, -0.2) is 69.9 Å². The molecule has 0 spiro atoms. The summed E-state index contributed by atoms with van der Waals surface area (Å²) in [5, 5.41) is 5.01. The third kappa shape index (κ3) is 5.36. The van der Waals surface area contributed by atoms with Gasteiger partial charge in [0.25, 0.3) is 0 Å². The van der Waals surface area contributed by atoms with Crippen molar-refractivity contribution in [2.45, 2.75) is 44.5 Å². The first-order chi connectivity index (χ1) is 14.0. The van der Waals surface area contributed by atoms with Crippen LogP contribution in [0.5, 0.6) is 0 Å². The minimum atomic E-state index is -5.10. The molecule has 2 aliphatic rings. The number of ether oxygens (including phenoxy) is 1. The average Bonchev–Trinajstić information content (AvgIpc) is 3.34. The SMILES string of the molecule is C[Si](C)(C)CCOCn1cnc([C@@H]2c3ncsc3[C@H]3CN2C(=O)N3OS(=O)(=O)[O-])n1.[Na+]. The molecule has 0 radical (unpaired) electrons. The zero-order valence-electron chi connectivity index (χ0n) is 17.6. The smallest absolute Gasteiger partial charge is 0.724 e. The van der Waals surface area contributed by atoms with Gasteiger partial charge in [-0.2, -0.15) is 14.4 Å². The molecule has 2 aliphatic heterocycles. The molecule has 16 heteroatoms. The number of amides is 2. The van der Waals surface area contributed by atoms with Crippen LogP contribution in [0.15, 0.2) is 11.8 Å². The second-order valence-electron chi connectivity index (χ2n) is 8.25. The van der Waals surface area contributed by atoms with Gasteiger partial charge in [-0.15, -0.1) is 11.3 Å². The van der Waals surface area contributed by atoms with Gasteiger partial charge in [-0.3, -0.25) is 0 Å². The van der Waals surface area contributed by atoms with Crippen molar-refractivity contribution in [1.82, 2.24) is 29.7 Å². The molecule has 31 heavy (non-hydrogen) atoms. The molecule has 0 unspecified atom stereocenters. The van der Waals surface area contributed by atoms with Crippen LogP contribution in [-0.2, 0) is 26.2 Å². The molecule has 2 aromatic heterocycles. The zero-order chi connectivity index (χ0) is 21.7.